The summed E-state index contributed by atoms with van der Waals surface area (Å²) in [5, 5.41) is 0.911. The van der Waals surface area contributed by atoms with E-state index in [0.717, 1.165) is 48.3 Å². The number of allylic oxidation sites excluding steroid dienone is 1. The second-order valence-electron chi connectivity index (χ2n) is 14.5. The van der Waals surface area contributed by atoms with E-state index in [1.165, 1.54) is 62.9 Å². The van der Waals surface area contributed by atoms with Crippen molar-refractivity contribution >= 4 is 17.0 Å². The summed E-state index contributed by atoms with van der Waals surface area (Å²) < 4.78 is 0. The van der Waals surface area contributed by atoms with Crippen LogP contribution in [0.3, 0.4) is 0 Å². The lowest BCUT2D eigenvalue weighted by molar-refractivity contribution is -0.171. The standard InChI is InChI=1S/C32H54ClNO2.H3N/c1-21(2)9-8-10-23(5)27-13-14-28-26-12-11-24-19-25(36-34(30(33)35)20-22(3)4)15-17-31(24,6)29(26)16-18-32(27,28)7;/h11,21-23,25-29H,8-10,12-20H2,1-7H3;1H3/t23-,25+,26+,27-,28+,29+,31+,32-;/m1./s1. The SMILES string of the molecule is CC(C)CCC[C@@H](C)[C@H]1CC[C@H]2[C@@H]3CC=C4C[C@@H](ON(CC(C)C)C(=O)Cl)CC[C@]4(C)[C@H]3CC[C@]12C.N. The first-order valence-corrected chi connectivity index (χ1v) is 15.7. The molecule has 0 saturated heterocycles. The van der Waals surface area contributed by atoms with Crippen LogP contribution in [0.15, 0.2) is 11.6 Å². The largest absolute Gasteiger partial charge is 0.344 e. The van der Waals surface area contributed by atoms with Gasteiger partial charge < -0.3 is 6.15 Å². The third-order valence-electron chi connectivity index (χ3n) is 11.3. The summed E-state index contributed by atoms with van der Waals surface area (Å²) in [6.45, 7) is 17.3. The molecule has 4 aliphatic carbocycles. The molecule has 0 unspecified atom stereocenters. The zero-order chi connectivity index (χ0) is 26.3. The number of amides is 1. The Morgan fingerprint density at radius 1 is 1.03 bits per heavy atom. The zero-order valence-electron chi connectivity index (χ0n) is 25.0. The summed E-state index contributed by atoms with van der Waals surface area (Å²) in [5.41, 5.74) is 2.45. The first-order valence-electron chi connectivity index (χ1n) is 15.3. The van der Waals surface area contributed by atoms with E-state index in [9.17, 15) is 4.79 Å². The molecule has 0 spiro atoms. The van der Waals surface area contributed by atoms with Crippen molar-refractivity contribution in [2.75, 3.05) is 6.54 Å². The van der Waals surface area contributed by atoms with Crippen molar-refractivity contribution in [3.8, 4) is 0 Å². The van der Waals surface area contributed by atoms with E-state index in [1.54, 1.807) is 5.57 Å². The quantitative estimate of drug-likeness (QED) is 0.138. The summed E-state index contributed by atoms with van der Waals surface area (Å²) in [7, 11) is 0. The number of hydroxylamine groups is 2. The molecule has 1 amide bonds. The summed E-state index contributed by atoms with van der Waals surface area (Å²) in [4.78, 5) is 18.1. The predicted molar refractivity (Wildman–Crippen MR) is 156 cm³/mol. The zero-order valence-corrected chi connectivity index (χ0v) is 25.8. The molecule has 3 fully saturated rings. The van der Waals surface area contributed by atoms with Gasteiger partial charge in [-0.25, -0.2) is 5.06 Å². The maximum absolute atomic E-state index is 11.9. The van der Waals surface area contributed by atoms with Crippen LogP contribution in [0.2, 0.25) is 0 Å². The van der Waals surface area contributed by atoms with Gasteiger partial charge in [0.25, 0.3) is 0 Å². The molecule has 3 N–H and O–H groups in total. The number of carbonyl (C=O) groups excluding carboxylic acids is 1. The Morgan fingerprint density at radius 3 is 2.41 bits per heavy atom. The molecule has 37 heavy (non-hydrogen) atoms. The normalized spacial score (nSPS) is 37.8. The second-order valence-corrected chi connectivity index (χ2v) is 14.8. The van der Waals surface area contributed by atoms with Gasteiger partial charge in [0.1, 0.15) is 0 Å². The fraction of sp³-hybridized carbons (Fsp3) is 0.906. The van der Waals surface area contributed by atoms with Crippen LogP contribution in [-0.2, 0) is 4.84 Å². The third-order valence-corrected chi connectivity index (χ3v) is 11.5. The molecule has 5 heteroatoms. The van der Waals surface area contributed by atoms with Crippen molar-refractivity contribution in [3.63, 3.8) is 0 Å². The number of halogens is 1. The van der Waals surface area contributed by atoms with Crippen LogP contribution in [0.4, 0.5) is 4.79 Å². The topological polar surface area (TPSA) is 64.5 Å². The van der Waals surface area contributed by atoms with Gasteiger partial charge in [0, 0.05) is 0 Å². The Kier molecular flexibility index (Phi) is 10.3. The Labute approximate surface area is 233 Å². The minimum atomic E-state index is -0.490. The van der Waals surface area contributed by atoms with E-state index in [4.69, 9.17) is 16.4 Å². The summed E-state index contributed by atoms with van der Waals surface area (Å²) >= 11 is 5.85. The van der Waals surface area contributed by atoms with Gasteiger partial charge in [0.05, 0.1) is 12.6 Å². The first-order chi connectivity index (χ1) is 17.0. The molecule has 4 aliphatic rings. The highest BCUT2D eigenvalue weighted by atomic mass is 35.5. The molecule has 3 saturated carbocycles. The number of hydrogen-bond donors (Lipinski definition) is 1. The van der Waals surface area contributed by atoms with Crippen LogP contribution < -0.4 is 6.15 Å². The molecule has 4 nitrogen and oxygen atoms in total. The number of rotatable bonds is 9. The highest BCUT2D eigenvalue weighted by Gasteiger charge is 2.59. The lowest BCUT2D eigenvalue weighted by atomic mass is 9.47. The van der Waals surface area contributed by atoms with Gasteiger partial charge in [-0.2, -0.15) is 0 Å². The molecule has 0 heterocycles. The summed E-state index contributed by atoms with van der Waals surface area (Å²) in [5.74, 6) is 5.51. The van der Waals surface area contributed by atoms with Crippen molar-refractivity contribution in [3.05, 3.63) is 11.6 Å². The van der Waals surface area contributed by atoms with Gasteiger partial charge in [-0.05, 0) is 115 Å². The fourth-order valence-electron chi connectivity index (χ4n) is 9.41. The molecule has 0 aromatic heterocycles. The van der Waals surface area contributed by atoms with Crippen molar-refractivity contribution in [1.29, 1.82) is 0 Å². The van der Waals surface area contributed by atoms with E-state index in [1.807, 2.05) is 0 Å². The number of carbonyl (C=O) groups is 1. The Hall–Kier alpha value is -0.580. The van der Waals surface area contributed by atoms with Gasteiger partial charge in [0.15, 0.2) is 0 Å². The third kappa shape index (κ3) is 6.27. The summed E-state index contributed by atoms with van der Waals surface area (Å²) in [6, 6.07) is 0. The van der Waals surface area contributed by atoms with Crippen LogP contribution in [0.25, 0.3) is 0 Å². The van der Waals surface area contributed by atoms with Crippen LogP contribution in [0, 0.1) is 52.3 Å². The molecule has 0 aromatic rings. The van der Waals surface area contributed by atoms with Gasteiger partial charge in [-0.1, -0.05) is 79.4 Å². The fourth-order valence-corrected chi connectivity index (χ4v) is 9.52. The van der Waals surface area contributed by atoms with Crippen molar-refractivity contribution in [2.24, 2.45) is 52.3 Å². The molecular formula is C32H57ClN2O2. The van der Waals surface area contributed by atoms with E-state index in [2.05, 4.69) is 54.5 Å². The molecule has 4 rings (SSSR count). The van der Waals surface area contributed by atoms with Gasteiger partial charge in [-0.3, -0.25) is 9.63 Å². The highest BCUT2D eigenvalue weighted by molar-refractivity contribution is 6.62. The molecule has 0 bridgehead atoms. The Morgan fingerprint density at radius 2 is 1.76 bits per heavy atom. The Bertz CT molecular complexity index is 813. The van der Waals surface area contributed by atoms with Gasteiger partial charge in [-0.15, -0.1) is 0 Å². The Balaban J connectivity index is 0.00000380. The highest BCUT2D eigenvalue weighted by Crippen LogP contribution is 2.67. The van der Waals surface area contributed by atoms with Gasteiger partial charge >= 0.3 is 5.37 Å². The van der Waals surface area contributed by atoms with Crippen molar-refractivity contribution < 1.29 is 9.63 Å². The maximum atomic E-state index is 11.9. The molecular weight excluding hydrogens is 480 g/mol. The minimum absolute atomic E-state index is 0. The first kappa shape index (κ1) is 31.0. The van der Waals surface area contributed by atoms with Crippen LogP contribution >= 0.6 is 11.6 Å². The van der Waals surface area contributed by atoms with Crippen LogP contribution in [-0.4, -0.2) is 23.1 Å². The van der Waals surface area contributed by atoms with Crippen molar-refractivity contribution in [1.82, 2.24) is 11.2 Å². The average molecular weight is 537 g/mol. The molecule has 214 valence electrons. The second kappa shape index (κ2) is 12.3. The smallest absolute Gasteiger partial charge is 0.340 e. The molecule has 0 aliphatic heterocycles. The average Bonchev–Trinajstić information content (AvgIpc) is 3.15. The maximum Gasteiger partial charge on any atom is 0.340 e. The molecule has 0 radical (unpaired) electrons. The van der Waals surface area contributed by atoms with Gasteiger partial charge in [0.2, 0.25) is 0 Å². The lowest BCUT2D eigenvalue weighted by Gasteiger charge is -2.58. The van der Waals surface area contributed by atoms with E-state index in [0.29, 0.717) is 23.3 Å². The van der Waals surface area contributed by atoms with E-state index < -0.39 is 5.37 Å². The van der Waals surface area contributed by atoms with E-state index >= 15 is 0 Å². The summed E-state index contributed by atoms with van der Waals surface area (Å²) in [6.07, 6.45) is 17.0. The number of hydrogen-bond acceptors (Lipinski definition) is 3. The van der Waals surface area contributed by atoms with Crippen molar-refractivity contribution in [2.45, 2.75) is 125 Å². The predicted octanol–water partition coefficient (Wildman–Crippen LogP) is 9.81. The van der Waals surface area contributed by atoms with Crippen LogP contribution in [0.5, 0.6) is 0 Å². The lowest BCUT2D eigenvalue weighted by Crippen LogP contribution is -2.51. The minimum Gasteiger partial charge on any atom is -0.344 e. The van der Waals surface area contributed by atoms with E-state index in [-0.39, 0.29) is 12.3 Å². The number of fused-ring (bicyclic) bond motifs is 5. The monoisotopic (exact) mass is 536 g/mol. The molecule has 0 aromatic carbocycles. The molecule has 8 atom stereocenters. The number of nitrogens with zero attached hydrogens (tertiary/aromatic N) is 1. The van der Waals surface area contributed by atoms with Crippen LogP contribution in [0.1, 0.15) is 119 Å².